The predicted octanol–water partition coefficient (Wildman–Crippen LogP) is 7.27. The molecule has 0 saturated carbocycles. The van der Waals surface area contributed by atoms with Crippen LogP contribution in [0.15, 0.2) is 40.9 Å². The van der Waals surface area contributed by atoms with Crippen LogP contribution in [0.3, 0.4) is 0 Å². The van der Waals surface area contributed by atoms with E-state index >= 15 is 0 Å². The van der Waals surface area contributed by atoms with Crippen molar-refractivity contribution >= 4 is 41.1 Å². The van der Waals surface area contributed by atoms with Gasteiger partial charge in [0.1, 0.15) is 18.2 Å². The van der Waals surface area contributed by atoms with Crippen LogP contribution in [0.1, 0.15) is 45.0 Å². The van der Waals surface area contributed by atoms with Crippen molar-refractivity contribution in [1.29, 1.82) is 0 Å². The van der Waals surface area contributed by atoms with E-state index in [1.807, 2.05) is 45.0 Å². The van der Waals surface area contributed by atoms with Gasteiger partial charge in [0.25, 0.3) is 0 Å². The van der Waals surface area contributed by atoms with Gasteiger partial charge in [-0.1, -0.05) is 47.7 Å². The van der Waals surface area contributed by atoms with Crippen molar-refractivity contribution in [2.24, 2.45) is 5.92 Å². The number of fused-ring (bicyclic) bond motifs is 1. The molecular weight excluding hydrogens is 612 g/mol. The Hall–Kier alpha value is -2.34. The van der Waals surface area contributed by atoms with Crippen LogP contribution < -0.4 is 0 Å². The van der Waals surface area contributed by atoms with E-state index in [1.165, 1.54) is 0 Å². The zero-order valence-electron chi connectivity index (χ0n) is 24.6. The fourth-order valence-electron chi connectivity index (χ4n) is 5.13. The van der Waals surface area contributed by atoms with E-state index < -0.39 is 37.0 Å². The van der Waals surface area contributed by atoms with E-state index in [4.69, 9.17) is 14.5 Å². The Morgan fingerprint density at radius 2 is 1.71 bits per heavy atom. The average molecular weight is 653 g/mol. The number of nitrogens with zero attached hydrogens (tertiary/aromatic N) is 3. The van der Waals surface area contributed by atoms with Crippen molar-refractivity contribution in [3.63, 3.8) is 0 Å². The lowest BCUT2D eigenvalue weighted by Gasteiger charge is -2.41. The monoisotopic (exact) mass is 651 g/mol. The number of aromatic nitrogens is 2. The number of rotatable bonds is 8. The van der Waals surface area contributed by atoms with Crippen molar-refractivity contribution < 1.29 is 28.2 Å². The lowest BCUT2D eigenvalue weighted by Crippen LogP contribution is -2.48. The van der Waals surface area contributed by atoms with Crippen molar-refractivity contribution in [2.45, 2.75) is 77.2 Å². The minimum absolute atomic E-state index is 0.0248. The Morgan fingerprint density at radius 3 is 2.29 bits per heavy atom. The summed E-state index contributed by atoms with van der Waals surface area (Å²) in [6, 6.07) is 10.4. The zero-order valence-corrected chi connectivity index (χ0v) is 27.2. The molecule has 1 saturated heterocycles. The molecule has 1 atom stereocenters. The van der Waals surface area contributed by atoms with Gasteiger partial charge in [-0.3, -0.25) is 0 Å². The SMILES string of the molecule is CC(C)(C)OC(=O)N1CCC(C(O)(c2ccc(Br)cc2)c2nc3cc(F)c(F)cc3n2COCC[Si](C)(C)C)CC1. The number of amides is 1. The third kappa shape index (κ3) is 7.36. The third-order valence-corrected chi connectivity index (χ3v) is 9.60. The molecule has 0 spiro atoms. The Balaban J connectivity index is 1.76. The molecule has 2 heterocycles. The summed E-state index contributed by atoms with van der Waals surface area (Å²) in [7, 11) is -1.37. The number of aliphatic hydroxyl groups is 1. The Labute approximate surface area is 250 Å². The second-order valence-corrected chi connectivity index (χ2v) is 19.5. The average Bonchev–Trinajstić information content (AvgIpc) is 3.22. The number of hydrogen-bond donors (Lipinski definition) is 1. The van der Waals surface area contributed by atoms with Gasteiger partial charge in [-0.15, -0.1) is 0 Å². The van der Waals surface area contributed by atoms with Crippen LogP contribution in [0.25, 0.3) is 11.0 Å². The molecule has 1 aromatic heterocycles. The van der Waals surface area contributed by atoms with Crippen molar-refractivity contribution in [2.75, 3.05) is 19.7 Å². The first kappa shape index (κ1) is 31.6. The normalized spacial score (nSPS) is 16.7. The standard InChI is InChI=1S/C30H40BrF2N3O4Si/c1-29(2,3)40-28(37)35-13-11-21(12-14-35)30(38,20-7-9-22(31)10-8-20)27-34-25-17-23(32)24(33)18-26(25)36(27)19-39-15-16-41(4,5)6/h7-10,17-18,21,38H,11-16,19H2,1-6H3. The van der Waals surface area contributed by atoms with Gasteiger partial charge in [0.2, 0.25) is 0 Å². The molecule has 0 radical (unpaired) electrons. The van der Waals surface area contributed by atoms with Crippen molar-refractivity contribution in [3.05, 3.63) is 63.9 Å². The Bertz CT molecular complexity index is 1380. The first-order valence-corrected chi connectivity index (χ1v) is 18.5. The number of imidazole rings is 1. The van der Waals surface area contributed by atoms with Gasteiger partial charge in [-0.2, -0.15) is 0 Å². The number of benzene rings is 2. The number of halogens is 3. The zero-order chi connectivity index (χ0) is 30.2. The molecule has 11 heteroatoms. The highest BCUT2D eigenvalue weighted by Gasteiger charge is 2.46. The molecule has 1 N–H and O–H groups in total. The van der Waals surface area contributed by atoms with Gasteiger partial charge in [0, 0.05) is 50.3 Å². The van der Waals surface area contributed by atoms with Gasteiger partial charge >= 0.3 is 6.09 Å². The quantitative estimate of drug-likeness (QED) is 0.205. The molecule has 4 rings (SSSR count). The summed E-state index contributed by atoms with van der Waals surface area (Å²) in [4.78, 5) is 19.1. The molecule has 41 heavy (non-hydrogen) atoms. The minimum atomic E-state index is -1.63. The number of ether oxygens (including phenoxy) is 2. The van der Waals surface area contributed by atoms with Crippen LogP contribution in [-0.2, 0) is 21.8 Å². The lowest BCUT2D eigenvalue weighted by molar-refractivity contribution is -0.0343. The van der Waals surface area contributed by atoms with Gasteiger partial charge in [0.15, 0.2) is 17.2 Å². The van der Waals surface area contributed by atoms with Crippen molar-refractivity contribution in [1.82, 2.24) is 14.5 Å². The summed E-state index contributed by atoms with van der Waals surface area (Å²) in [6.07, 6.45) is 0.541. The molecule has 7 nitrogen and oxygen atoms in total. The third-order valence-electron chi connectivity index (χ3n) is 7.37. The fourth-order valence-corrected chi connectivity index (χ4v) is 6.15. The molecule has 224 valence electrons. The fraction of sp³-hybridized carbons (Fsp3) is 0.533. The van der Waals surface area contributed by atoms with Crippen LogP contribution >= 0.6 is 15.9 Å². The van der Waals surface area contributed by atoms with Gasteiger partial charge < -0.3 is 24.0 Å². The lowest BCUT2D eigenvalue weighted by atomic mass is 9.75. The summed E-state index contributed by atoms with van der Waals surface area (Å²) in [6.45, 7) is 13.5. The Morgan fingerprint density at radius 1 is 1.10 bits per heavy atom. The number of likely N-dealkylation sites (tertiary alicyclic amines) is 1. The van der Waals surface area contributed by atoms with Crippen LogP contribution in [0.2, 0.25) is 25.7 Å². The van der Waals surface area contributed by atoms with E-state index in [-0.39, 0.29) is 24.0 Å². The highest BCUT2D eigenvalue weighted by molar-refractivity contribution is 9.10. The molecular formula is C30H40BrF2N3O4Si. The van der Waals surface area contributed by atoms with Crippen LogP contribution in [0.5, 0.6) is 0 Å². The van der Waals surface area contributed by atoms with E-state index in [0.717, 1.165) is 22.6 Å². The maximum absolute atomic E-state index is 14.5. The Kier molecular flexibility index (Phi) is 9.33. The topological polar surface area (TPSA) is 76.8 Å². The second-order valence-electron chi connectivity index (χ2n) is 13.0. The number of carbonyl (C=O) groups excluding carboxylic acids is 1. The highest BCUT2D eigenvalue weighted by Crippen LogP contribution is 2.43. The predicted molar refractivity (Wildman–Crippen MR) is 161 cm³/mol. The first-order valence-electron chi connectivity index (χ1n) is 14.0. The number of carbonyl (C=O) groups is 1. The number of hydrogen-bond acceptors (Lipinski definition) is 5. The molecule has 1 amide bonds. The molecule has 1 unspecified atom stereocenters. The molecule has 0 aliphatic carbocycles. The number of piperidine rings is 1. The highest BCUT2D eigenvalue weighted by atomic mass is 79.9. The largest absolute Gasteiger partial charge is 0.444 e. The van der Waals surface area contributed by atoms with E-state index in [0.29, 0.717) is 43.6 Å². The van der Waals surface area contributed by atoms with Gasteiger partial charge in [0.05, 0.1) is 11.0 Å². The van der Waals surface area contributed by atoms with Gasteiger partial charge in [-0.05, 0) is 57.4 Å². The van der Waals surface area contributed by atoms with Crippen LogP contribution in [-0.4, -0.2) is 59.0 Å². The maximum atomic E-state index is 14.5. The van der Waals surface area contributed by atoms with Crippen LogP contribution in [0.4, 0.5) is 13.6 Å². The molecule has 2 aromatic carbocycles. The first-order chi connectivity index (χ1) is 19.1. The van der Waals surface area contributed by atoms with E-state index in [9.17, 15) is 18.7 Å². The summed E-state index contributed by atoms with van der Waals surface area (Å²) < 4.78 is 42.9. The second kappa shape index (κ2) is 12.1. The minimum Gasteiger partial charge on any atom is -0.444 e. The molecule has 3 aromatic rings. The molecule has 1 aliphatic rings. The molecule has 1 fully saturated rings. The van der Waals surface area contributed by atoms with E-state index in [2.05, 4.69) is 35.6 Å². The maximum Gasteiger partial charge on any atom is 0.410 e. The van der Waals surface area contributed by atoms with Crippen molar-refractivity contribution in [3.8, 4) is 0 Å². The smallest absolute Gasteiger partial charge is 0.410 e. The summed E-state index contributed by atoms with van der Waals surface area (Å²) in [5.41, 5.74) is -1.08. The summed E-state index contributed by atoms with van der Waals surface area (Å²) in [5, 5.41) is 12.7. The summed E-state index contributed by atoms with van der Waals surface area (Å²) >= 11 is 3.47. The van der Waals surface area contributed by atoms with Crippen LogP contribution in [0, 0.1) is 17.6 Å². The molecule has 1 aliphatic heterocycles. The van der Waals surface area contributed by atoms with Gasteiger partial charge in [-0.25, -0.2) is 18.6 Å². The summed E-state index contributed by atoms with van der Waals surface area (Å²) in [5.74, 6) is -2.10. The molecule has 0 bridgehead atoms. The van der Waals surface area contributed by atoms with E-state index in [1.54, 1.807) is 9.47 Å².